The zero-order valence-electron chi connectivity index (χ0n) is 17.2. The van der Waals surface area contributed by atoms with Gasteiger partial charge in [0.05, 0.1) is 7.11 Å². The van der Waals surface area contributed by atoms with E-state index in [-0.39, 0.29) is 11.9 Å². The number of aryl methyl sites for hydroxylation is 2. The van der Waals surface area contributed by atoms with Crippen molar-refractivity contribution in [1.29, 1.82) is 0 Å². The first-order chi connectivity index (χ1) is 13.5. The van der Waals surface area contributed by atoms with Crippen LogP contribution in [0.3, 0.4) is 0 Å². The van der Waals surface area contributed by atoms with Gasteiger partial charge in [-0.05, 0) is 68.1 Å². The number of amides is 1. The van der Waals surface area contributed by atoms with Crippen molar-refractivity contribution in [3.05, 3.63) is 58.7 Å². The third-order valence-electron chi connectivity index (χ3n) is 5.32. The monoisotopic (exact) mass is 381 g/mol. The number of benzene rings is 2. The van der Waals surface area contributed by atoms with Crippen LogP contribution in [0.2, 0.25) is 0 Å². The van der Waals surface area contributed by atoms with Crippen LogP contribution in [0.25, 0.3) is 0 Å². The van der Waals surface area contributed by atoms with Gasteiger partial charge < -0.3 is 14.8 Å². The predicted octanol–water partition coefficient (Wildman–Crippen LogP) is 5.34. The highest BCUT2D eigenvalue weighted by atomic mass is 16.5. The molecule has 1 aliphatic rings. The van der Waals surface area contributed by atoms with Crippen molar-refractivity contribution in [2.24, 2.45) is 0 Å². The van der Waals surface area contributed by atoms with E-state index in [4.69, 9.17) is 9.47 Å². The van der Waals surface area contributed by atoms with E-state index in [2.05, 4.69) is 25.2 Å². The Morgan fingerprint density at radius 3 is 2.32 bits per heavy atom. The number of carbonyl (C=O) groups is 1. The van der Waals surface area contributed by atoms with Crippen molar-refractivity contribution in [2.75, 3.05) is 7.11 Å². The molecule has 0 heterocycles. The van der Waals surface area contributed by atoms with Crippen LogP contribution in [0.1, 0.15) is 65.6 Å². The Labute approximate surface area is 168 Å². The Bertz CT molecular complexity index is 787. The number of carbonyl (C=O) groups excluding carboxylic acids is 1. The van der Waals surface area contributed by atoms with Gasteiger partial charge in [0.1, 0.15) is 18.1 Å². The summed E-state index contributed by atoms with van der Waals surface area (Å²) in [7, 11) is 1.64. The first-order valence-corrected chi connectivity index (χ1v) is 10.2. The molecule has 0 radical (unpaired) electrons. The summed E-state index contributed by atoms with van der Waals surface area (Å²) in [6.07, 6.45) is 7.09. The highest BCUT2D eigenvalue weighted by molar-refractivity contribution is 5.94. The molecule has 0 aromatic heterocycles. The molecule has 0 aliphatic heterocycles. The van der Waals surface area contributed by atoms with Gasteiger partial charge in [-0.25, -0.2) is 0 Å². The molecule has 4 nitrogen and oxygen atoms in total. The third-order valence-corrected chi connectivity index (χ3v) is 5.32. The maximum atomic E-state index is 12.7. The van der Waals surface area contributed by atoms with Gasteiger partial charge in [-0.1, -0.05) is 31.7 Å². The number of methoxy groups -OCH3 is 1. The molecule has 1 N–H and O–H groups in total. The predicted molar refractivity (Wildman–Crippen MR) is 112 cm³/mol. The summed E-state index contributed by atoms with van der Waals surface area (Å²) >= 11 is 0. The van der Waals surface area contributed by atoms with Crippen LogP contribution in [-0.2, 0) is 6.61 Å². The molecular formula is C24H31NO3. The molecular weight excluding hydrogens is 350 g/mol. The Kier molecular flexibility index (Phi) is 6.96. The molecule has 1 fully saturated rings. The van der Waals surface area contributed by atoms with Crippen LogP contribution in [0.5, 0.6) is 11.5 Å². The number of hydrogen-bond donors (Lipinski definition) is 1. The zero-order chi connectivity index (χ0) is 19.9. The number of ether oxygens (including phenoxy) is 2. The van der Waals surface area contributed by atoms with E-state index in [1.807, 2.05) is 30.3 Å². The second-order valence-corrected chi connectivity index (χ2v) is 7.80. The van der Waals surface area contributed by atoms with Crippen LogP contribution in [0.4, 0.5) is 0 Å². The van der Waals surface area contributed by atoms with E-state index in [0.717, 1.165) is 29.9 Å². The van der Waals surface area contributed by atoms with Gasteiger partial charge in [0.25, 0.3) is 5.91 Å². The lowest BCUT2D eigenvalue weighted by Gasteiger charge is -2.17. The fraction of sp³-hybridized carbons (Fsp3) is 0.458. The SMILES string of the molecule is COc1ccc(C(=O)NC2CCCCCC2)cc1COc1cc(C)cc(C)c1. The summed E-state index contributed by atoms with van der Waals surface area (Å²) < 4.78 is 11.5. The Morgan fingerprint density at radius 1 is 1.00 bits per heavy atom. The number of hydrogen-bond acceptors (Lipinski definition) is 3. The summed E-state index contributed by atoms with van der Waals surface area (Å²) in [6, 6.07) is 12.0. The molecule has 0 atom stereocenters. The molecule has 0 unspecified atom stereocenters. The minimum absolute atomic E-state index is 0.0118. The molecule has 150 valence electrons. The first-order valence-electron chi connectivity index (χ1n) is 10.2. The summed E-state index contributed by atoms with van der Waals surface area (Å²) in [6.45, 7) is 4.47. The van der Waals surface area contributed by atoms with Crippen molar-refractivity contribution in [2.45, 2.75) is 65.0 Å². The maximum absolute atomic E-state index is 12.7. The number of nitrogens with one attached hydrogen (secondary N) is 1. The molecule has 1 aliphatic carbocycles. The Morgan fingerprint density at radius 2 is 1.68 bits per heavy atom. The van der Waals surface area contributed by atoms with E-state index in [0.29, 0.717) is 12.2 Å². The maximum Gasteiger partial charge on any atom is 0.251 e. The molecule has 1 saturated carbocycles. The van der Waals surface area contributed by atoms with Crippen LogP contribution < -0.4 is 14.8 Å². The van der Waals surface area contributed by atoms with Crippen molar-refractivity contribution in [3.63, 3.8) is 0 Å². The average Bonchev–Trinajstić information content (AvgIpc) is 2.94. The molecule has 2 aromatic rings. The minimum Gasteiger partial charge on any atom is -0.496 e. The fourth-order valence-corrected chi connectivity index (χ4v) is 3.90. The lowest BCUT2D eigenvalue weighted by Crippen LogP contribution is -2.34. The normalized spacial score (nSPS) is 15.0. The Hall–Kier alpha value is -2.49. The fourth-order valence-electron chi connectivity index (χ4n) is 3.90. The summed E-state index contributed by atoms with van der Waals surface area (Å²) in [5, 5.41) is 3.21. The van der Waals surface area contributed by atoms with Crippen LogP contribution in [0, 0.1) is 13.8 Å². The zero-order valence-corrected chi connectivity index (χ0v) is 17.2. The lowest BCUT2D eigenvalue weighted by atomic mass is 10.1. The topological polar surface area (TPSA) is 47.6 Å². The van der Waals surface area contributed by atoms with Gasteiger partial charge >= 0.3 is 0 Å². The second kappa shape index (κ2) is 9.63. The first kappa shape index (κ1) is 20.2. The second-order valence-electron chi connectivity index (χ2n) is 7.80. The summed E-state index contributed by atoms with van der Waals surface area (Å²) in [5.74, 6) is 1.55. The highest BCUT2D eigenvalue weighted by Gasteiger charge is 2.17. The van der Waals surface area contributed by atoms with E-state index in [1.54, 1.807) is 7.11 Å². The largest absolute Gasteiger partial charge is 0.496 e. The van der Waals surface area contributed by atoms with E-state index < -0.39 is 0 Å². The molecule has 0 saturated heterocycles. The van der Waals surface area contributed by atoms with E-state index in [9.17, 15) is 4.79 Å². The third kappa shape index (κ3) is 5.51. The van der Waals surface area contributed by atoms with Crippen molar-refractivity contribution in [3.8, 4) is 11.5 Å². The standard InChI is InChI=1S/C24H31NO3/c1-17-12-18(2)14-22(13-17)28-16-20-15-19(10-11-23(20)27-3)24(26)25-21-8-6-4-5-7-9-21/h10-15,21H,4-9,16H2,1-3H3,(H,25,26). The van der Waals surface area contributed by atoms with Crippen LogP contribution in [-0.4, -0.2) is 19.1 Å². The van der Waals surface area contributed by atoms with Gasteiger partial charge in [0.2, 0.25) is 0 Å². The highest BCUT2D eigenvalue weighted by Crippen LogP contribution is 2.24. The van der Waals surface area contributed by atoms with Crippen molar-refractivity contribution < 1.29 is 14.3 Å². The molecule has 4 heteroatoms. The molecule has 3 rings (SSSR count). The molecule has 28 heavy (non-hydrogen) atoms. The van der Waals surface area contributed by atoms with Gasteiger partial charge in [0, 0.05) is 17.2 Å². The molecule has 2 aromatic carbocycles. The number of rotatable bonds is 6. The summed E-state index contributed by atoms with van der Waals surface area (Å²) in [5.41, 5.74) is 3.86. The lowest BCUT2D eigenvalue weighted by molar-refractivity contribution is 0.0933. The van der Waals surface area contributed by atoms with Crippen molar-refractivity contribution >= 4 is 5.91 Å². The van der Waals surface area contributed by atoms with Gasteiger partial charge in [0.15, 0.2) is 0 Å². The van der Waals surface area contributed by atoms with Crippen molar-refractivity contribution in [1.82, 2.24) is 5.32 Å². The average molecular weight is 382 g/mol. The molecule has 0 spiro atoms. The minimum atomic E-state index is -0.0118. The van der Waals surface area contributed by atoms with Crippen LogP contribution in [0.15, 0.2) is 36.4 Å². The quantitative estimate of drug-likeness (QED) is 0.687. The smallest absolute Gasteiger partial charge is 0.251 e. The van der Waals surface area contributed by atoms with E-state index in [1.165, 1.54) is 36.8 Å². The van der Waals surface area contributed by atoms with Crippen LogP contribution >= 0.6 is 0 Å². The molecule has 1 amide bonds. The van der Waals surface area contributed by atoms with Gasteiger partial charge in [-0.2, -0.15) is 0 Å². The Balaban J connectivity index is 1.70. The van der Waals surface area contributed by atoms with E-state index >= 15 is 0 Å². The van der Waals surface area contributed by atoms with Gasteiger partial charge in [-0.3, -0.25) is 4.79 Å². The summed E-state index contributed by atoms with van der Waals surface area (Å²) in [4.78, 5) is 12.7. The van der Waals surface area contributed by atoms with Gasteiger partial charge in [-0.15, -0.1) is 0 Å². The molecule has 0 bridgehead atoms.